The molecule has 8 heteroatoms. The first-order chi connectivity index (χ1) is 13.1. The van der Waals surface area contributed by atoms with Crippen molar-refractivity contribution in [2.45, 2.75) is 9.79 Å². The number of ether oxygens (including phenoxy) is 1. The maximum absolute atomic E-state index is 12.1. The van der Waals surface area contributed by atoms with Crippen molar-refractivity contribution < 1.29 is 14.3 Å². The van der Waals surface area contributed by atoms with Gasteiger partial charge in [-0.05, 0) is 36.4 Å². The number of halogens is 1. The molecule has 0 unspecified atom stereocenters. The van der Waals surface area contributed by atoms with Gasteiger partial charge in [-0.3, -0.25) is 9.78 Å². The van der Waals surface area contributed by atoms with E-state index in [1.165, 1.54) is 30.4 Å². The molecule has 0 saturated heterocycles. The van der Waals surface area contributed by atoms with Crippen molar-refractivity contribution >= 4 is 40.9 Å². The number of aromatic nitrogens is 2. The number of benzene rings is 2. The molecule has 0 fully saturated rings. The third kappa shape index (κ3) is 5.54. The van der Waals surface area contributed by atoms with Crippen LogP contribution in [0.15, 0.2) is 76.9 Å². The summed E-state index contributed by atoms with van der Waals surface area (Å²) >= 11 is 7.39. The second kappa shape index (κ2) is 9.16. The molecular weight excluding hydrogens is 386 g/mol. The van der Waals surface area contributed by atoms with Gasteiger partial charge in [0, 0.05) is 27.2 Å². The summed E-state index contributed by atoms with van der Waals surface area (Å²) in [6.45, 7) is -0.421. The summed E-state index contributed by atoms with van der Waals surface area (Å²) in [5, 5.41) is 3.41. The number of nitrogens with zero attached hydrogens (tertiary/aromatic N) is 2. The topological polar surface area (TPSA) is 81.2 Å². The number of hydrogen-bond donors (Lipinski definition) is 1. The van der Waals surface area contributed by atoms with E-state index in [1.54, 1.807) is 18.2 Å². The van der Waals surface area contributed by atoms with E-state index < -0.39 is 18.5 Å². The van der Waals surface area contributed by atoms with Crippen LogP contribution in [0.5, 0.6) is 0 Å². The molecule has 1 heterocycles. The Labute approximate surface area is 164 Å². The molecule has 27 heavy (non-hydrogen) atoms. The molecule has 3 aromatic rings. The monoisotopic (exact) mass is 399 g/mol. The minimum Gasteiger partial charge on any atom is -0.451 e. The van der Waals surface area contributed by atoms with Gasteiger partial charge in [-0.25, -0.2) is 9.78 Å². The predicted molar refractivity (Wildman–Crippen MR) is 103 cm³/mol. The van der Waals surface area contributed by atoms with Crippen LogP contribution in [-0.2, 0) is 9.53 Å². The molecule has 136 valence electrons. The summed E-state index contributed by atoms with van der Waals surface area (Å²) in [4.78, 5) is 33.4. The molecule has 6 nitrogen and oxygen atoms in total. The Bertz CT molecular complexity index is 936. The first kappa shape index (κ1) is 18.9. The molecule has 0 atom stereocenters. The molecule has 1 N–H and O–H groups in total. The summed E-state index contributed by atoms with van der Waals surface area (Å²) in [5.74, 6) is -1.15. The van der Waals surface area contributed by atoms with E-state index in [2.05, 4.69) is 15.3 Å². The van der Waals surface area contributed by atoms with Crippen molar-refractivity contribution in [1.82, 2.24) is 9.97 Å². The fourth-order valence-corrected chi connectivity index (χ4v) is 3.11. The van der Waals surface area contributed by atoms with Crippen molar-refractivity contribution in [2.24, 2.45) is 0 Å². The SMILES string of the molecule is O=C(COC(=O)c1cnccn1)Nc1ccccc1Sc1ccc(Cl)cc1. The molecule has 0 aliphatic rings. The summed E-state index contributed by atoms with van der Waals surface area (Å²) in [7, 11) is 0. The third-order valence-electron chi connectivity index (χ3n) is 3.31. The van der Waals surface area contributed by atoms with E-state index in [4.69, 9.17) is 16.3 Å². The molecule has 0 saturated carbocycles. The van der Waals surface area contributed by atoms with Gasteiger partial charge in [0.1, 0.15) is 0 Å². The van der Waals surface area contributed by atoms with Gasteiger partial charge in [-0.15, -0.1) is 0 Å². The highest BCUT2D eigenvalue weighted by molar-refractivity contribution is 7.99. The van der Waals surface area contributed by atoms with Gasteiger partial charge in [0.05, 0.1) is 11.9 Å². The smallest absolute Gasteiger partial charge is 0.359 e. The van der Waals surface area contributed by atoms with Crippen LogP contribution in [0.2, 0.25) is 5.02 Å². The van der Waals surface area contributed by atoms with Crippen molar-refractivity contribution in [3.63, 3.8) is 0 Å². The van der Waals surface area contributed by atoms with E-state index in [0.717, 1.165) is 9.79 Å². The lowest BCUT2D eigenvalue weighted by Crippen LogP contribution is -2.21. The van der Waals surface area contributed by atoms with Crippen molar-refractivity contribution in [3.8, 4) is 0 Å². The Hall–Kier alpha value is -2.90. The number of para-hydroxylation sites is 1. The Morgan fingerprint density at radius 2 is 1.85 bits per heavy atom. The maximum atomic E-state index is 12.1. The fourth-order valence-electron chi connectivity index (χ4n) is 2.08. The molecule has 0 radical (unpaired) electrons. The molecule has 2 aromatic carbocycles. The van der Waals surface area contributed by atoms with E-state index >= 15 is 0 Å². The zero-order valence-corrected chi connectivity index (χ0v) is 15.5. The zero-order valence-electron chi connectivity index (χ0n) is 14.0. The lowest BCUT2D eigenvalue weighted by Gasteiger charge is -2.11. The average Bonchev–Trinajstić information content (AvgIpc) is 2.70. The van der Waals surface area contributed by atoms with Crippen LogP contribution in [0.4, 0.5) is 5.69 Å². The molecule has 1 amide bonds. The van der Waals surface area contributed by atoms with Crippen LogP contribution in [0, 0.1) is 0 Å². The van der Waals surface area contributed by atoms with Gasteiger partial charge >= 0.3 is 5.97 Å². The normalized spacial score (nSPS) is 10.3. The Morgan fingerprint density at radius 1 is 1.07 bits per heavy atom. The first-order valence-corrected chi connectivity index (χ1v) is 9.07. The van der Waals surface area contributed by atoms with Crippen LogP contribution in [-0.4, -0.2) is 28.5 Å². The molecular formula is C19H14ClN3O3S. The number of amides is 1. The molecule has 1 aromatic heterocycles. The van der Waals surface area contributed by atoms with Crippen LogP contribution in [0.1, 0.15) is 10.5 Å². The minimum atomic E-state index is -0.706. The summed E-state index contributed by atoms with van der Waals surface area (Å²) in [5.41, 5.74) is 0.669. The summed E-state index contributed by atoms with van der Waals surface area (Å²) < 4.78 is 4.96. The number of anilines is 1. The fraction of sp³-hybridized carbons (Fsp3) is 0.0526. The molecule has 0 aliphatic carbocycles. The van der Waals surface area contributed by atoms with Gasteiger partial charge in [0.25, 0.3) is 5.91 Å². The standard InChI is InChI=1S/C19H14ClN3O3S/c20-13-5-7-14(8-6-13)27-17-4-2-1-3-15(17)23-18(24)12-26-19(25)16-11-21-9-10-22-16/h1-11H,12H2,(H,23,24). The Balaban J connectivity index is 1.61. The highest BCUT2D eigenvalue weighted by atomic mass is 35.5. The van der Waals surface area contributed by atoms with Crippen LogP contribution < -0.4 is 5.32 Å². The van der Waals surface area contributed by atoms with Crippen molar-refractivity contribution in [1.29, 1.82) is 0 Å². The van der Waals surface area contributed by atoms with Gasteiger partial charge in [-0.1, -0.05) is 35.5 Å². The van der Waals surface area contributed by atoms with Gasteiger partial charge in [0.2, 0.25) is 0 Å². The summed E-state index contributed by atoms with van der Waals surface area (Å²) in [6, 6.07) is 14.8. The molecule has 0 bridgehead atoms. The van der Waals surface area contributed by atoms with Gasteiger partial charge in [-0.2, -0.15) is 0 Å². The predicted octanol–water partition coefficient (Wildman–Crippen LogP) is 4.08. The quantitative estimate of drug-likeness (QED) is 0.629. The lowest BCUT2D eigenvalue weighted by molar-refractivity contribution is -0.119. The number of nitrogens with one attached hydrogen (secondary N) is 1. The zero-order chi connectivity index (χ0) is 19.1. The number of hydrogen-bond acceptors (Lipinski definition) is 6. The van der Waals surface area contributed by atoms with E-state index in [0.29, 0.717) is 10.7 Å². The van der Waals surface area contributed by atoms with Crippen molar-refractivity contribution in [2.75, 3.05) is 11.9 Å². The average molecular weight is 400 g/mol. The summed E-state index contributed by atoms with van der Waals surface area (Å²) in [6.07, 6.45) is 4.10. The van der Waals surface area contributed by atoms with Gasteiger partial charge in [0.15, 0.2) is 12.3 Å². The first-order valence-electron chi connectivity index (χ1n) is 7.87. The van der Waals surface area contributed by atoms with E-state index in [1.807, 2.05) is 30.3 Å². The van der Waals surface area contributed by atoms with E-state index in [-0.39, 0.29) is 5.69 Å². The minimum absolute atomic E-state index is 0.0454. The maximum Gasteiger partial charge on any atom is 0.359 e. The van der Waals surface area contributed by atoms with Crippen molar-refractivity contribution in [3.05, 3.63) is 77.8 Å². The Kier molecular flexibility index (Phi) is 6.40. The largest absolute Gasteiger partial charge is 0.451 e. The lowest BCUT2D eigenvalue weighted by atomic mass is 10.3. The number of carbonyl (C=O) groups excluding carboxylic acids is 2. The van der Waals surface area contributed by atoms with Crippen LogP contribution in [0.25, 0.3) is 0 Å². The molecule has 3 rings (SSSR count). The number of carbonyl (C=O) groups is 2. The number of esters is 1. The highest BCUT2D eigenvalue weighted by Crippen LogP contribution is 2.33. The van der Waals surface area contributed by atoms with E-state index in [9.17, 15) is 9.59 Å². The third-order valence-corrected chi connectivity index (χ3v) is 4.65. The van der Waals surface area contributed by atoms with Crippen LogP contribution >= 0.6 is 23.4 Å². The second-order valence-corrected chi connectivity index (χ2v) is 6.82. The second-order valence-electron chi connectivity index (χ2n) is 5.27. The number of rotatable bonds is 6. The molecule has 0 aliphatic heterocycles. The Morgan fingerprint density at radius 3 is 2.59 bits per heavy atom. The highest BCUT2D eigenvalue weighted by Gasteiger charge is 2.13. The van der Waals surface area contributed by atoms with Gasteiger partial charge < -0.3 is 10.1 Å². The molecule has 0 spiro atoms. The van der Waals surface area contributed by atoms with Crippen LogP contribution in [0.3, 0.4) is 0 Å².